The third-order valence-corrected chi connectivity index (χ3v) is 6.66. The third kappa shape index (κ3) is 5.14. The van der Waals surface area contributed by atoms with E-state index in [2.05, 4.69) is 20.3 Å². The zero-order valence-electron chi connectivity index (χ0n) is 19.0. The number of pyridine rings is 2. The normalized spacial score (nSPS) is 18.3. The lowest BCUT2D eigenvalue weighted by atomic mass is 9.90. The minimum absolute atomic E-state index is 0.254. The van der Waals surface area contributed by atoms with Crippen molar-refractivity contribution in [1.82, 2.24) is 24.8 Å². The minimum Gasteiger partial charge on any atom is -0.299 e. The van der Waals surface area contributed by atoms with E-state index in [0.717, 1.165) is 55.1 Å². The summed E-state index contributed by atoms with van der Waals surface area (Å²) in [5.74, 6) is 0.214. The molecule has 0 bridgehead atoms. The number of nitrogens with one attached hydrogen (secondary N) is 1. The van der Waals surface area contributed by atoms with E-state index in [4.69, 9.17) is 0 Å². The molecule has 1 N–H and O–H groups in total. The Bertz CT molecular complexity index is 1230. The van der Waals surface area contributed by atoms with Gasteiger partial charge in [0.05, 0.1) is 17.4 Å². The summed E-state index contributed by atoms with van der Waals surface area (Å²) in [6, 6.07) is 6.18. The summed E-state index contributed by atoms with van der Waals surface area (Å²) in [6.07, 6.45) is 3.54. The molecule has 5 rings (SSSR count). The highest BCUT2D eigenvalue weighted by atomic mass is 19.4. The van der Waals surface area contributed by atoms with Crippen molar-refractivity contribution in [3.8, 4) is 0 Å². The number of urea groups is 1. The second-order valence-corrected chi connectivity index (χ2v) is 9.12. The maximum absolute atomic E-state index is 12.7. The van der Waals surface area contributed by atoms with Crippen LogP contribution in [0.1, 0.15) is 36.1 Å². The van der Waals surface area contributed by atoms with Gasteiger partial charge < -0.3 is 0 Å². The number of rotatable bonds is 5. The van der Waals surface area contributed by atoms with Gasteiger partial charge in [0.1, 0.15) is 5.69 Å². The fourth-order valence-electron chi connectivity index (χ4n) is 4.77. The molecule has 35 heavy (non-hydrogen) atoms. The van der Waals surface area contributed by atoms with Gasteiger partial charge in [-0.3, -0.25) is 24.9 Å². The first-order chi connectivity index (χ1) is 16.8. The molecule has 0 spiro atoms. The molecule has 3 aromatic heterocycles. The minimum atomic E-state index is -4.42. The third-order valence-electron chi connectivity index (χ3n) is 6.66. The molecule has 8 nitrogen and oxygen atoms in total. The monoisotopic (exact) mass is 486 g/mol. The first kappa shape index (κ1) is 23.3. The fourth-order valence-corrected chi connectivity index (χ4v) is 4.77. The number of hydrogen-bond donors (Lipinski definition) is 1. The Morgan fingerprint density at radius 2 is 1.83 bits per heavy atom. The molecule has 5 heterocycles. The maximum Gasteiger partial charge on any atom is 0.433 e. The lowest BCUT2D eigenvalue weighted by Crippen LogP contribution is -2.49. The van der Waals surface area contributed by atoms with Crippen molar-refractivity contribution >= 4 is 23.1 Å². The topological polar surface area (TPSA) is 82.8 Å². The van der Waals surface area contributed by atoms with E-state index in [-0.39, 0.29) is 12.3 Å². The maximum atomic E-state index is 12.7. The SMILES string of the molecule is O=C1CCN(c2cnn3ccc(CC4CCN(Cc5ccc(C(F)(F)F)nc5)CC4)cc23)C(=O)N1. The number of carbonyl (C=O) groups excluding carboxylic acids is 2. The first-order valence-corrected chi connectivity index (χ1v) is 11.6. The van der Waals surface area contributed by atoms with E-state index >= 15 is 0 Å². The van der Waals surface area contributed by atoms with Crippen LogP contribution in [-0.2, 0) is 23.9 Å². The number of amides is 3. The largest absolute Gasteiger partial charge is 0.433 e. The zero-order chi connectivity index (χ0) is 24.6. The second-order valence-electron chi connectivity index (χ2n) is 9.12. The van der Waals surface area contributed by atoms with E-state index in [1.807, 2.05) is 18.3 Å². The molecule has 0 aliphatic carbocycles. The Labute approximate surface area is 199 Å². The van der Waals surface area contributed by atoms with Gasteiger partial charge in [0.25, 0.3) is 0 Å². The Hall–Kier alpha value is -3.47. The average Bonchev–Trinajstić information content (AvgIpc) is 3.23. The molecule has 0 atom stereocenters. The van der Waals surface area contributed by atoms with Crippen LogP contribution in [0.15, 0.2) is 42.9 Å². The number of piperidine rings is 1. The number of alkyl halides is 3. The van der Waals surface area contributed by atoms with Crippen LogP contribution in [0.5, 0.6) is 0 Å². The Kier molecular flexibility index (Phi) is 6.18. The predicted octanol–water partition coefficient (Wildman–Crippen LogP) is 3.65. The number of carbonyl (C=O) groups is 2. The number of nitrogens with zero attached hydrogens (tertiary/aromatic N) is 5. The molecule has 0 unspecified atom stereocenters. The number of halogens is 3. The van der Waals surface area contributed by atoms with Gasteiger partial charge in [0.15, 0.2) is 0 Å². The quantitative estimate of drug-likeness (QED) is 0.596. The van der Waals surface area contributed by atoms with E-state index in [1.165, 1.54) is 12.3 Å². The molecule has 0 saturated carbocycles. The summed E-state index contributed by atoms with van der Waals surface area (Å²) in [7, 11) is 0. The number of likely N-dealkylation sites (tertiary alicyclic amines) is 1. The zero-order valence-corrected chi connectivity index (χ0v) is 19.0. The number of fused-ring (bicyclic) bond motifs is 1. The molecule has 3 aromatic rings. The number of anilines is 1. The molecule has 2 saturated heterocycles. The Morgan fingerprint density at radius 1 is 1.03 bits per heavy atom. The van der Waals surface area contributed by atoms with Gasteiger partial charge in [-0.05, 0) is 67.6 Å². The first-order valence-electron chi connectivity index (χ1n) is 11.6. The van der Waals surface area contributed by atoms with Crippen LogP contribution < -0.4 is 10.2 Å². The van der Waals surface area contributed by atoms with Crippen molar-refractivity contribution in [1.29, 1.82) is 0 Å². The lowest BCUT2D eigenvalue weighted by molar-refractivity contribution is -0.141. The van der Waals surface area contributed by atoms with Gasteiger partial charge in [-0.15, -0.1) is 0 Å². The fraction of sp³-hybridized carbons (Fsp3) is 0.417. The van der Waals surface area contributed by atoms with Crippen molar-refractivity contribution in [3.63, 3.8) is 0 Å². The summed E-state index contributed by atoms with van der Waals surface area (Å²) < 4.78 is 39.8. The van der Waals surface area contributed by atoms with Gasteiger partial charge in [0, 0.05) is 31.9 Å². The van der Waals surface area contributed by atoms with Gasteiger partial charge in [-0.25, -0.2) is 9.31 Å². The standard InChI is InChI=1S/C24H25F3N6O2/c25-24(26,27)21-2-1-18(13-28-21)15-31-7-3-16(4-8-31)11-17-5-10-33-19(12-17)20(14-29-33)32-9-6-22(34)30-23(32)35/h1-2,5,10,12-14,16H,3-4,6-9,11,15H2,(H,30,34,35). The van der Waals surface area contributed by atoms with Gasteiger partial charge in [-0.2, -0.15) is 18.3 Å². The van der Waals surface area contributed by atoms with Crippen LogP contribution in [0.2, 0.25) is 0 Å². The van der Waals surface area contributed by atoms with Crippen LogP contribution in [0, 0.1) is 5.92 Å². The Morgan fingerprint density at radius 3 is 2.51 bits per heavy atom. The number of hydrogen-bond acceptors (Lipinski definition) is 5. The van der Waals surface area contributed by atoms with Crippen LogP contribution in [0.25, 0.3) is 5.52 Å². The Balaban J connectivity index is 1.19. The van der Waals surface area contributed by atoms with Crippen LogP contribution in [0.4, 0.5) is 23.7 Å². The predicted molar refractivity (Wildman–Crippen MR) is 122 cm³/mol. The van der Waals surface area contributed by atoms with E-state index in [9.17, 15) is 22.8 Å². The molecule has 2 aliphatic heterocycles. The van der Waals surface area contributed by atoms with Crippen molar-refractivity contribution in [3.05, 3.63) is 59.7 Å². The molecule has 184 valence electrons. The smallest absolute Gasteiger partial charge is 0.299 e. The van der Waals surface area contributed by atoms with Gasteiger partial charge in [0.2, 0.25) is 5.91 Å². The molecule has 3 amide bonds. The summed E-state index contributed by atoms with van der Waals surface area (Å²) in [5.41, 5.74) is 2.56. The molecule has 0 radical (unpaired) electrons. The molecule has 11 heteroatoms. The van der Waals surface area contributed by atoms with Gasteiger partial charge >= 0.3 is 12.2 Å². The van der Waals surface area contributed by atoms with Crippen LogP contribution in [-0.4, -0.2) is 51.1 Å². The summed E-state index contributed by atoms with van der Waals surface area (Å²) in [4.78, 5) is 31.1. The number of aromatic nitrogens is 3. The van der Waals surface area contributed by atoms with Crippen LogP contribution >= 0.6 is 0 Å². The number of imide groups is 1. The average molecular weight is 486 g/mol. The van der Waals surface area contributed by atoms with Crippen LogP contribution in [0.3, 0.4) is 0 Å². The molecule has 2 aliphatic rings. The van der Waals surface area contributed by atoms with E-state index in [1.54, 1.807) is 15.6 Å². The summed E-state index contributed by atoms with van der Waals surface area (Å²) in [5, 5.41) is 6.69. The molecule has 2 fully saturated rings. The summed E-state index contributed by atoms with van der Waals surface area (Å²) in [6.45, 7) is 2.65. The van der Waals surface area contributed by atoms with E-state index in [0.29, 0.717) is 24.7 Å². The molecule has 0 aromatic carbocycles. The lowest BCUT2D eigenvalue weighted by Gasteiger charge is -2.32. The van der Waals surface area contributed by atoms with Gasteiger partial charge in [-0.1, -0.05) is 6.07 Å². The summed E-state index contributed by atoms with van der Waals surface area (Å²) >= 11 is 0. The van der Waals surface area contributed by atoms with Crippen molar-refractivity contribution in [2.45, 2.75) is 38.4 Å². The molecular formula is C24H25F3N6O2. The van der Waals surface area contributed by atoms with Crippen molar-refractivity contribution in [2.75, 3.05) is 24.5 Å². The second kappa shape index (κ2) is 9.29. The molecular weight excluding hydrogens is 461 g/mol. The highest BCUT2D eigenvalue weighted by Crippen LogP contribution is 2.29. The van der Waals surface area contributed by atoms with Crippen molar-refractivity contribution in [2.24, 2.45) is 5.92 Å². The highest BCUT2D eigenvalue weighted by molar-refractivity contribution is 6.07. The van der Waals surface area contributed by atoms with E-state index < -0.39 is 17.9 Å². The highest BCUT2D eigenvalue weighted by Gasteiger charge is 2.32. The van der Waals surface area contributed by atoms with Crippen molar-refractivity contribution < 1.29 is 22.8 Å².